The van der Waals surface area contributed by atoms with Crippen molar-refractivity contribution in [2.24, 2.45) is 0 Å². The second-order valence-corrected chi connectivity index (χ2v) is 12.4. The van der Waals surface area contributed by atoms with Gasteiger partial charge in [-0.2, -0.15) is 8.42 Å². The van der Waals surface area contributed by atoms with Gasteiger partial charge in [0.1, 0.15) is 0 Å². The van der Waals surface area contributed by atoms with Crippen molar-refractivity contribution in [3.05, 3.63) is 29.8 Å². The standard InChI is InChI=1S/C35H64O17S/c1-34-2-4-35(5-3-34)53(37,38)52-33-32-51-31-30-50-29-28-49-27-26-48-25-24-47-23-22-46-21-20-45-19-18-44-17-16-43-15-14-42-13-12-41-11-10-40-9-8-39-7-6-36/h2-5,36H,6-33H2,1H3. The number of benzene rings is 1. The highest BCUT2D eigenvalue weighted by molar-refractivity contribution is 7.86. The van der Waals surface area contributed by atoms with Crippen LogP contribution in [0.5, 0.6) is 0 Å². The number of aryl methyl sites for hydroxylation is 1. The first-order valence-electron chi connectivity index (χ1n) is 18.1. The Kier molecular flexibility index (Phi) is 36.3. The minimum Gasteiger partial charge on any atom is -0.394 e. The maximum absolute atomic E-state index is 12.1. The van der Waals surface area contributed by atoms with Crippen molar-refractivity contribution in [1.29, 1.82) is 0 Å². The Morgan fingerprint density at radius 2 is 0.566 bits per heavy atom. The van der Waals surface area contributed by atoms with Gasteiger partial charge in [0.2, 0.25) is 0 Å². The first-order chi connectivity index (χ1) is 26.1. The van der Waals surface area contributed by atoms with E-state index in [-0.39, 0.29) is 24.7 Å². The van der Waals surface area contributed by atoms with Crippen LogP contribution >= 0.6 is 0 Å². The predicted octanol–water partition coefficient (Wildman–Crippen LogP) is 0.908. The number of aliphatic hydroxyl groups excluding tert-OH is 1. The lowest BCUT2D eigenvalue weighted by Gasteiger charge is -2.09. The van der Waals surface area contributed by atoms with E-state index in [4.69, 9.17) is 70.9 Å². The van der Waals surface area contributed by atoms with Gasteiger partial charge in [-0.15, -0.1) is 0 Å². The van der Waals surface area contributed by atoms with Crippen molar-refractivity contribution in [3.8, 4) is 0 Å². The van der Waals surface area contributed by atoms with Crippen LogP contribution in [0.1, 0.15) is 5.56 Å². The quantitative estimate of drug-likeness (QED) is 0.0727. The number of aliphatic hydroxyl groups is 1. The van der Waals surface area contributed by atoms with Gasteiger partial charge in [0.15, 0.2) is 0 Å². The summed E-state index contributed by atoms with van der Waals surface area (Å²) in [6.07, 6.45) is 0. The van der Waals surface area contributed by atoms with Crippen molar-refractivity contribution >= 4 is 10.1 Å². The highest BCUT2D eigenvalue weighted by Gasteiger charge is 2.14. The van der Waals surface area contributed by atoms with Crippen LogP contribution < -0.4 is 0 Å². The first-order valence-corrected chi connectivity index (χ1v) is 19.5. The fourth-order valence-electron chi connectivity index (χ4n) is 3.78. The van der Waals surface area contributed by atoms with Crippen LogP contribution in [0.3, 0.4) is 0 Å². The molecule has 0 spiro atoms. The van der Waals surface area contributed by atoms with Gasteiger partial charge in [0.25, 0.3) is 10.1 Å². The van der Waals surface area contributed by atoms with E-state index in [0.29, 0.717) is 165 Å². The fourth-order valence-corrected chi connectivity index (χ4v) is 4.67. The van der Waals surface area contributed by atoms with E-state index in [1.165, 1.54) is 12.1 Å². The Morgan fingerprint density at radius 3 is 0.792 bits per heavy atom. The van der Waals surface area contributed by atoms with Gasteiger partial charge in [-0.3, -0.25) is 4.18 Å². The smallest absolute Gasteiger partial charge is 0.297 e. The summed E-state index contributed by atoms with van der Waals surface area (Å²) >= 11 is 0. The molecule has 0 saturated carbocycles. The summed E-state index contributed by atoms with van der Waals surface area (Å²) in [5, 5.41) is 8.58. The second kappa shape index (κ2) is 38.8. The maximum atomic E-state index is 12.1. The number of rotatable bonds is 43. The molecule has 0 unspecified atom stereocenters. The fraction of sp³-hybridized carbons (Fsp3) is 0.829. The molecule has 1 N–H and O–H groups in total. The van der Waals surface area contributed by atoms with E-state index in [9.17, 15) is 8.42 Å². The number of hydrogen-bond donors (Lipinski definition) is 1. The molecule has 0 atom stereocenters. The molecule has 0 aliphatic carbocycles. The Balaban J connectivity index is 1.65. The second-order valence-electron chi connectivity index (χ2n) is 10.8. The molecule has 0 heterocycles. The zero-order valence-electron chi connectivity index (χ0n) is 31.5. The number of ether oxygens (including phenoxy) is 13. The SMILES string of the molecule is Cc1ccc(S(=O)(=O)OCCOCCOCCOCCOCCOCCOCCOCCOCCOCCOCCOCCOCCOCCO)cc1. The van der Waals surface area contributed by atoms with E-state index >= 15 is 0 Å². The van der Waals surface area contributed by atoms with Gasteiger partial charge in [-0.25, -0.2) is 0 Å². The van der Waals surface area contributed by atoms with Crippen LogP contribution in [0.15, 0.2) is 29.2 Å². The van der Waals surface area contributed by atoms with Crippen LogP contribution in [-0.2, 0) is 75.9 Å². The van der Waals surface area contributed by atoms with Crippen molar-refractivity contribution in [1.82, 2.24) is 0 Å². The summed E-state index contributed by atoms with van der Waals surface area (Å²) in [7, 11) is -3.78. The van der Waals surface area contributed by atoms with E-state index < -0.39 is 10.1 Å². The van der Waals surface area contributed by atoms with Gasteiger partial charge in [0, 0.05) is 0 Å². The van der Waals surface area contributed by atoms with Gasteiger partial charge in [-0.1, -0.05) is 17.7 Å². The lowest BCUT2D eigenvalue weighted by molar-refractivity contribution is -0.0293. The molecule has 312 valence electrons. The Morgan fingerprint density at radius 1 is 0.358 bits per heavy atom. The number of hydrogen-bond acceptors (Lipinski definition) is 17. The molecule has 0 aliphatic rings. The summed E-state index contributed by atoms with van der Waals surface area (Å²) < 4.78 is 99.4. The van der Waals surface area contributed by atoms with Gasteiger partial charge >= 0.3 is 0 Å². The third-order valence-electron chi connectivity index (χ3n) is 6.48. The molecule has 18 heteroatoms. The molecule has 0 amide bonds. The summed E-state index contributed by atoms with van der Waals surface area (Å²) in [6.45, 7) is 13.4. The van der Waals surface area contributed by atoms with E-state index in [2.05, 4.69) is 0 Å². The Hall–Kier alpha value is -1.43. The molecule has 0 saturated heterocycles. The summed E-state index contributed by atoms with van der Waals surface area (Å²) in [4.78, 5) is 0.125. The Bertz CT molecular complexity index is 987. The maximum Gasteiger partial charge on any atom is 0.297 e. The van der Waals surface area contributed by atoms with Crippen LogP contribution in [0, 0.1) is 6.92 Å². The summed E-state index contributed by atoms with van der Waals surface area (Å²) in [5.74, 6) is 0. The van der Waals surface area contributed by atoms with Crippen molar-refractivity contribution < 1.29 is 79.3 Å². The zero-order valence-corrected chi connectivity index (χ0v) is 32.3. The molecule has 0 radical (unpaired) electrons. The average Bonchev–Trinajstić information content (AvgIpc) is 3.15. The highest BCUT2D eigenvalue weighted by Crippen LogP contribution is 2.12. The summed E-state index contributed by atoms with van der Waals surface area (Å²) in [6, 6.07) is 6.47. The molecular formula is C35H64O17S. The van der Waals surface area contributed by atoms with Gasteiger partial charge in [0.05, 0.1) is 190 Å². The van der Waals surface area contributed by atoms with Gasteiger partial charge < -0.3 is 66.7 Å². The summed E-state index contributed by atoms with van der Waals surface area (Å²) in [5.41, 5.74) is 0.972. The molecule has 53 heavy (non-hydrogen) atoms. The van der Waals surface area contributed by atoms with E-state index in [1.807, 2.05) is 6.92 Å². The molecule has 0 bridgehead atoms. The molecule has 1 aromatic rings. The normalized spacial score (nSPS) is 11.9. The molecule has 1 aromatic carbocycles. The van der Waals surface area contributed by atoms with Crippen LogP contribution in [-0.4, -0.2) is 199 Å². The first kappa shape index (κ1) is 49.6. The predicted molar refractivity (Wildman–Crippen MR) is 192 cm³/mol. The molecule has 0 fully saturated rings. The lowest BCUT2D eigenvalue weighted by atomic mass is 10.2. The third-order valence-corrected chi connectivity index (χ3v) is 7.80. The van der Waals surface area contributed by atoms with Crippen LogP contribution in [0.2, 0.25) is 0 Å². The molecule has 0 aromatic heterocycles. The minimum atomic E-state index is -3.78. The van der Waals surface area contributed by atoms with Gasteiger partial charge in [-0.05, 0) is 19.1 Å². The largest absolute Gasteiger partial charge is 0.394 e. The molecule has 17 nitrogen and oxygen atoms in total. The van der Waals surface area contributed by atoms with Crippen LogP contribution in [0.25, 0.3) is 0 Å². The van der Waals surface area contributed by atoms with Crippen molar-refractivity contribution in [2.45, 2.75) is 11.8 Å². The monoisotopic (exact) mass is 788 g/mol. The van der Waals surface area contributed by atoms with E-state index in [1.54, 1.807) is 12.1 Å². The minimum absolute atomic E-state index is 0.0181. The third kappa shape index (κ3) is 34.8. The zero-order chi connectivity index (χ0) is 38.2. The van der Waals surface area contributed by atoms with Crippen molar-refractivity contribution in [2.75, 3.05) is 185 Å². The van der Waals surface area contributed by atoms with Crippen LogP contribution in [0.4, 0.5) is 0 Å². The van der Waals surface area contributed by atoms with E-state index in [0.717, 1.165) is 5.56 Å². The van der Waals surface area contributed by atoms with Crippen molar-refractivity contribution in [3.63, 3.8) is 0 Å². The molecular weight excluding hydrogens is 724 g/mol. The molecule has 1 rings (SSSR count). The topological polar surface area (TPSA) is 184 Å². The highest BCUT2D eigenvalue weighted by atomic mass is 32.2. The lowest BCUT2D eigenvalue weighted by Crippen LogP contribution is -2.16. The average molecular weight is 789 g/mol. The molecule has 0 aliphatic heterocycles. The Labute approximate surface area is 315 Å².